The number of rotatable bonds is 16. The van der Waals surface area contributed by atoms with Gasteiger partial charge >= 0.3 is 0 Å². The van der Waals surface area contributed by atoms with Crippen molar-refractivity contribution in [2.75, 3.05) is 13.2 Å². The van der Waals surface area contributed by atoms with E-state index in [9.17, 15) is 0 Å². The lowest BCUT2D eigenvalue weighted by Crippen LogP contribution is -1.97. The van der Waals surface area contributed by atoms with Crippen LogP contribution in [0.4, 0.5) is 0 Å². The summed E-state index contributed by atoms with van der Waals surface area (Å²) in [6, 6.07) is 18.9. The Morgan fingerprint density at radius 2 is 1.24 bits per heavy atom. The molecular weight excluding hydrogens is 356 g/mol. The predicted molar refractivity (Wildman–Crippen MR) is 124 cm³/mol. The molecule has 158 valence electrons. The quantitative estimate of drug-likeness (QED) is 0.305. The summed E-state index contributed by atoms with van der Waals surface area (Å²) in [7, 11) is 0. The second-order valence-corrected chi connectivity index (χ2v) is 7.77. The maximum Gasteiger partial charge on any atom is 0.119 e. The first-order valence-corrected chi connectivity index (χ1v) is 11.4. The zero-order valence-corrected chi connectivity index (χ0v) is 17.9. The fourth-order valence-corrected chi connectivity index (χ4v) is 3.44. The fraction of sp³-hybridized carbons (Fsp3) is 0.481. The Morgan fingerprint density at radius 3 is 1.86 bits per heavy atom. The summed E-state index contributed by atoms with van der Waals surface area (Å²) in [4.78, 5) is 0. The number of hydrogen-bond acceptors (Lipinski definition) is 2. The molecule has 0 heterocycles. The monoisotopic (exact) mass is 394 g/mol. The lowest BCUT2D eigenvalue weighted by atomic mass is 10.1. The van der Waals surface area contributed by atoms with Crippen molar-refractivity contribution < 1.29 is 9.84 Å². The molecule has 29 heavy (non-hydrogen) atoms. The fourth-order valence-electron chi connectivity index (χ4n) is 3.44. The predicted octanol–water partition coefficient (Wildman–Crippen LogP) is 7.21. The SMILES string of the molecule is OCCCCCCCCCCCCOc1ccc(CC=Cc2ccccc2)cc1. The minimum Gasteiger partial charge on any atom is -0.494 e. The van der Waals surface area contributed by atoms with Crippen LogP contribution in [0.2, 0.25) is 0 Å². The molecule has 0 aliphatic heterocycles. The van der Waals surface area contributed by atoms with Gasteiger partial charge in [-0.3, -0.25) is 0 Å². The summed E-state index contributed by atoms with van der Waals surface area (Å²) in [6.07, 6.45) is 17.8. The van der Waals surface area contributed by atoms with E-state index in [2.05, 4.69) is 60.7 Å². The van der Waals surface area contributed by atoms with Crippen molar-refractivity contribution in [1.82, 2.24) is 0 Å². The van der Waals surface area contributed by atoms with Crippen LogP contribution in [-0.2, 0) is 6.42 Å². The van der Waals surface area contributed by atoms with Crippen molar-refractivity contribution in [2.24, 2.45) is 0 Å². The molecule has 0 spiro atoms. The van der Waals surface area contributed by atoms with Crippen LogP contribution in [0.1, 0.15) is 75.3 Å². The van der Waals surface area contributed by atoms with Crippen LogP contribution in [0.15, 0.2) is 60.7 Å². The zero-order chi connectivity index (χ0) is 20.4. The van der Waals surface area contributed by atoms with E-state index in [0.717, 1.165) is 31.6 Å². The number of unbranched alkanes of at least 4 members (excludes halogenated alkanes) is 9. The molecule has 2 aromatic rings. The summed E-state index contributed by atoms with van der Waals surface area (Å²) in [6.45, 7) is 1.16. The Labute approximate surface area is 177 Å². The summed E-state index contributed by atoms with van der Waals surface area (Å²) >= 11 is 0. The van der Waals surface area contributed by atoms with Gasteiger partial charge in [-0.15, -0.1) is 0 Å². The van der Waals surface area contributed by atoms with Crippen LogP contribution >= 0.6 is 0 Å². The smallest absolute Gasteiger partial charge is 0.119 e. The maximum atomic E-state index is 8.75. The minimum absolute atomic E-state index is 0.346. The van der Waals surface area contributed by atoms with Gasteiger partial charge in [0, 0.05) is 6.61 Å². The Hall–Kier alpha value is -2.06. The number of allylic oxidation sites excluding steroid dienone is 1. The molecule has 0 saturated heterocycles. The molecular formula is C27H38O2. The van der Waals surface area contributed by atoms with Gasteiger partial charge in [0.2, 0.25) is 0 Å². The van der Waals surface area contributed by atoms with E-state index in [0.29, 0.717) is 6.61 Å². The first-order chi connectivity index (χ1) is 14.4. The van der Waals surface area contributed by atoms with E-state index in [1.807, 2.05) is 6.07 Å². The van der Waals surface area contributed by atoms with Crippen molar-refractivity contribution in [3.8, 4) is 5.75 Å². The van der Waals surface area contributed by atoms with Gasteiger partial charge in [-0.2, -0.15) is 0 Å². The summed E-state index contributed by atoms with van der Waals surface area (Å²) in [5, 5.41) is 8.75. The Balaban J connectivity index is 1.47. The van der Waals surface area contributed by atoms with E-state index in [1.165, 1.54) is 62.5 Å². The second-order valence-electron chi connectivity index (χ2n) is 7.77. The molecule has 0 aliphatic carbocycles. The highest BCUT2D eigenvalue weighted by atomic mass is 16.5. The van der Waals surface area contributed by atoms with E-state index < -0.39 is 0 Å². The van der Waals surface area contributed by atoms with Crippen molar-refractivity contribution >= 4 is 6.08 Å². The molecule has 0 saturated carbocycles. The van der Waals surface area contributed by atoms with Gasteiger partial charge in [0.25, 0.3) is 0 Å². The molecule has 0 aliphatic rings. The van der Waals surface area contributed by atoms with Gasteiger partial charge < -0.3 is 9.84 Å². The highest BCUT2D eigenvalue weighted by Crippen LogP contribution is 2.15. The highest BCUT2D eigenvalue weighted by molar-refractivity contribution is 5.49. The molecule has 2 nitrogen and oxygen atoms in total. The van der Waals surface area contributed by atoms with Crippen molar-refractivity contribution in [2.45, 2.75) is 70.6 Å². The number of ether oxygens (including phenoxy) is 1. The molecule has 0 atom stereocenters. The molecule has 0 aromatic heterocycles. The average molecular weight is 395 g/mol. The topological polar surface area (TPSA) is 29.5 Å². The normalized spacial score (nSPS) is 11.2. The number of benzene rings is 2. The van der Waals surface area contributed by atoms with Crippen molar-refractivity contribution in [3.63, 3.8) is 0 Å². The molecule has 0 fully saturated rings. The molecule has 0 unspecified atom stereocenters. The van der Waals surface area contributed by atoms with Crippen LogP contribution in [0.25, 0.3) is 6.08 Å². The Kier molecular flexibility index (Phi) is 12.7. The third kappa shape index (κ3) is 11.5. The van der Waals surface area contributed by atoms with E-state index >= 15 is 0 Å². The van der Waals surface area contributed by atoms with Crippen LogP contribution in [0.5, 0.6) is 5.75 Å². The molecule has 2 aromatic carbocycles. The van der Waals surface area contributed by atoms with E-state index in [-0.39, 0.29) is 0 Å². The van der Waals surface area contributed by atoms with Gasteiger partial charge in [-0.05, 0) is 42.5 Å². The van der Waals surface area contributed by atoms with Gasteiger partial charge in [0.1, 0.15) is 5.75 Å². The van der Waals surface area contributed by atoms with Crippen LogP contribution < -0.4 is 4.74 Å². The van der Waals surface area contributed by atoms with E-state index in [4.69, 9.17) is 9.84 Å². The Bertz CT molecular complexity index is 646. The van der Waals surface area contributed by atoms with Gasteiger partial charge in [0.05, 0.1) is 6.61 Å². The summed E-state index contributed by atoms with van der Waals surface area (Å²) in [5.74, 6) is 0.976. The van der Waals surface area contributed by atoms with Gasteiger partial charge in [-0.25, -0.2) is 0 Å². The number of hydrogen-bond donors (Lipinski definition) is 1. The molecule has 1 N–H and O–H groups in total. The standard InChI is InChI=1S/C27H38O2/c28-23-12-7-5-3-1-2-4-6-8-13-24-29-27-21-19-26(20-22-27)18-14-17-25-15-10-9-11-16-25/h9-11,14-17,19-22,28H,1-8,12-13,18,23-24H2. The molecule has 2 heteroatoms. The molecule has 0 bridgehead atoms. The first kappa shape index (κ1) is 23.2. The van der Waals surface area contributed by atoms with Gasteiger partial charge in [0.15, 0.2) is 0 Å². The number of aliphatic hydroxyl groups is 1. The van der Waals surface area contributed by atoms with Crippen molar-refractivity contribution in [3.05, 3.63) is 71.8 Å². The van der Waals surface area contributed by atoms with Crippen LogP contribution in [0.3, 0.4) is 0 Å². The first-order valence-electron chi connectivity index (χ1n) is 11.4. The number of aliphatic hydroxyl groups excluding tert-OH is 1. The molecule has 0 amide bonds. The van der Waals surface area contributed by atoms with Crippen LogP contribution in [-0.4, -0.2) is 18.3 Å². The third-order valence-corrected chi connectivity index (χ3v) is 5.21. The summed E-state index contributed by atoms with van der Waals surface area (Å²) < 4.78 is 5.88. The minimum atomic E-state index is 0.346. The maximum absolute atomic E-state index is 8.75. The zero-order valence-electron chi connectivity index (χ0n) is 17.9. The van der Waals surface area contributed by atoms with Gasteiger partial charge in [-0.1, -0.05) is 106 Å². The second kappa shape index (κ2) is 15.8. The average Bonchev–Trinajstić information content (AvgIpc) is 2.76. The molecule has 0 radical (unpaired) electrons. The lowest BCUT2D eigenvalue weighted by molar-refractivity contribution is 0.282. The molecule has 2 rings (SSSR count). The van der Waals surface area contributed by atoms with Crippen LogP contribution in [0, 0.1) is 0 Å². The third-order valence-electron chi connectivity index (χ3n) is 5.21. The summed E-state index contributed by atoms with van der Waals surface area (Å²) in [5.41, 5.74) is 2.55. The van der Waals surface area contributed by atoms with E-state index in [1.54, 1.807) is 0 Å². The Morgan fingerprint density at radius 1 is 0.655 bits per heavy atom. The highest BCUT2D eigenvalue weighted by Gasteiger charge is 1.97. The largest absolute Gasteiger partial charge is 0.494 e. The van der Waals surface area contributed by atoms with Crippen molar-refractivity contribution in [1.29, 1.82) is 0 Å². The lowest BCUT2D eigenvalue weighted by Gasteiger charge is -2.07.